The summed E-state index contributed by atoms with van der Waals surface area (Å²) in [6, 6.07) is 2.55. The maximum Gasteiger partial charge on any atom is 0.419 e. The number of halogens is 4. The summed E-state index contributed by atoms with van der Waals surface area (Å²) >= 11 is 0. The van der Waals surface area contributed by atoms with Gasteiger partial charge in [0.2, 0.25) is 0 Å². The van der Waals surface area contributed by atoms with Crippen LogP contribution in [-0.4, -0.2) is 13.2 Å². The van der Waals surface area contributed by atoms with Crippen LogP contribution >= 0.6 is 0 Å². The average molecular weight is 289 g/mol. The SMILES string of the molecule is CCNC(C1=CCCO1)c1ccc(F)c(C(F)(F)F)c1. The summed E-state index contributed by atoms with van der Waals surface area (Å²) in [5.41, 5.74) is -0.912. The van der Waals surface area contributed by atoms with E-state index in [-0.39, 0.29) is 0 Å². The summed E-state index contributed by atoms with van der Waals surface area (Å²) in [6.45, 7) is 2.92. The molecule has 0 spiro atoms. The monoisotopic (exact) mass is 289 g/mol. The zero-order valence-electron chi connectivity index (χ0n) is 10.9. The van der Waals surface area contributed by atoms with Crippen LogP contribution in [0.2, 0.25) is 0 Å². The van der Waals surface area contributed by atoms with Crippen LogP contribution in [0.25, 0.3) is 0 Å². The number of benzene rings is 1. The second-order valence-corrected chi connectivity index (χ2v) is 4.47. The van der Waals surface area contributed by atoms with Crippen molar-refractivity contribution < 1.29 is 22.3 Å². The van der Waals surface area contributed by atoms with Gasteiger partial charge in [-0.25, -0.2) is 4.39 Å². The molecule has 1 aromatic carbocycles. The van der Waals surface area contributed by atoms with Crippen molar-refractivity contribution in [3.8, 4) is 0 Å². The van der Waals surface area contributed by atoms with E-state index in [2.05, 4.69) is 5.32 Å². The van der Waals surface area contributed by atoms with E-state index >= 15 is 0 Å². The average Bonchev–Trinajstić information content (AvgIpc) is 2.89. The number of nitrogens with one attached hydrogen (secondary N) is 1. The Hall–Kier alpha value is -1.56. The highest BCUT2D eigenvalue weighted by Gasteiger charge is 2.35. The Morgan fingerprint density at radius 1 is 1.35 bits per heavy atom. The van der Waals surface area contributed by atoms with Crippen molar-refractivity contribution in [3.63, 3.8) is 0 Å². The second-order valence-electron chi connectivity index (χ2n) is 4.47. The lowest BCUT2D eigenvalue weighted by Gasteiger charge is -2.21. The van der Waals surface area contributed by atoms with Gasteiger partial charge in [0.25, 0.3) is 0 Å². The molecular formula is C14H15F4NO. The van der Waals surface area contributed by atoms with Gasteiger partial charge in [-0.2, -0.15) is 13.2 Å². The standard InChI is InChI=1S/C14H15F4NO/c1-2-19-13(12-4-3-7-20-12)9-5-6-11(15)10(8-9)14(16,17)18/h4-6,8,13,19H,2-3,7H2,1H3. The minimum absolute atomic E-state index is 0.341. The second kappa shape index (κ2) is 5.83. The molecule has 0 aliphatic carbocycles. The predicted octanol–water partition coefficient (Wildman–Crippen LogP) is 3.80. The molecule has 0 aromatic heterocycles. The van der Waals surface area contributed by atoms with Crippen molar-refractivity contribution in [2.75, 3.05) is 13.2 Å². The quantitative estimate of drug-likeness (QED) is 0.851. The normalized spacial score (nSPS) is 16.8. The third kappa shape index (κ3) is 3.12. The Morgan fingerprint density at radius 2 is 2.10 bits per heavy atom. The van der Waals surface area contributed by atoms with E-state index in [4.69, 9.17) is 4.74 Å². The summed E-state index contributed by atoms with van der Waals surface area (Å²) < 4.78 is 57.0. The molecule has 1 aliphatic rings. The predicted molar refractivity (Wildman–Crippen MR) is 66.5 cm³/mol. The zero-order valence-corrected chi connectivity index (χ0v) is 10.9. The molecule has 6 heteroatoms. The highest BCUT2D eigenvalue weighted by molar-refractivity contribution is 5.33. The van der Waals surface area contributed by atoms with Crippen LogP contribution in [0.15, 0.2) is 30.0 Å². The van der Waals surface area contributed by atoms with Crippen molar-refractivity contribution in [1.29, 1.82) is 0 Å². The first kappa shape index (κ1) is 14.8. The molecule has 1 heterocycles. The van der Waals surface area contributed by atoms with Gasteiger partial charge in [0.05, 0.1) is 18.2 Å². The molecule has 1 N–H and O–H groups in total. The zero-order chi connectivity index (χ0) is 14.8. The third-order valence-corrected chi connectivity index (χ3v) is 3.05. The molecule has 0 saturated heterocycles. The van der Waals surface area contributed by atoms with E-state index < -0.39 is 23.6 Å². The highest BCUT2D eigenvalue weighted by Crippen LogP contribution is 2.35. The van der Waals surface area contributed by atoms with E-state index in [9.17, 15) is 17.6 Å². The van der Waals surface area contributed by atoms with Crippen LogP contribution in [0.3, 0.4) is 0 Å². The summed E-state index contributed by atoms with van der Waals surface area (Å²) in [5.74, 6) is -0.676. The van der Waals surface area contributed by atoms with Gasteiger partial charge in [0, 0.05) is 6.42 Å². The number of likely N-dealkylation sites (N-methyl/N-ethyl adjacent to an activating group) is 1. The van der Waals surface area contributed by atoms with Gasteiger partial charge in [0.15, 0.2) is 0 Å². The molecule has 110 valence electrons. The van der Waals surface area contributed by atoms with Crippen LogP contribution in [0.1, 0.15) is 30.5 Å². The molecular weight excluding hydrogens is 274 g/mol. The molecule has 1 atom stereocenters. The lowest BCUT2D eigenvalue weighted by atomic mass is 10.0. The molecule has 0 fully saturated rings. The lowest BCUT2D eigenvalue weighted by molar-refractivity contribution is -0.140. The summed E-state index contributed by atoms with van der Waals surface area (Å²) in [4.78, 5) is 0. The summed E-state index contributed by atoms with van der Waals surface area (Å²) in [7, 11) is 0. The fourth-order valence-corrected chi connectivity index (χ4v) is 2.16. The molecule has 2 rings (SSSR count). The van der Waals surface area contributed by atoms with Gasteiger partial charge < -0.3 is 10.1 Å². The Labute approximate surface area is 114 Å². The first-order valence-electron chi connectivity index (χ1n) is 6.36. The molecule has 1 aliphatic heterocycles. The van der Waals surface area contributed by atoms with Crippen LogP contribution in [0.5, 0.6) is 0 Å². The minimum Gasteiger partial charge on any atom is -0.496 e. The van der Waals surface area contributed by atoms with E-state index in [0.717, 1.165) is 18.6 Å². The van der Waals surface area contributed by atoms with Crippen LogP contribution in [0.4, 0.5) is 17.6 Å². The fourth-order valence-electron chi connectivity index (χ4n) is 2.16. The lowest BCUT2D eigenvalue weighted by Crippen LogP contribution is -2.24. The van der Waals surface area contributed by atoms with Crippen molar-refractivity contribution in [1.82, 2.24) is 5.32 Å². The summed E-state index contributed by atoms with van der Waals surface area (Å²) in [6.07, 6.45) is -2.14. The largest absolute Gasteiger partial charge is 0.496 e. The fraction of sp³-hybridized carbons (Fsp3) is 0.429. The maximum absolute atomic E-state index is 13.3. The number of ether oxygens (including phenoxy) is 1. The molecule has 0 saturated carbocycles. The van der Waals surface area contributed by atoms with Gasteiger partial charge >= 0.3 is 6.18 Å². The number of hydrogen-bond donors (Lipinski definition) is 1. The Kier molecular flexibility index (Phi) is 4.32. The molecule has 2 nitrogen and oxygen atoms in total. The van der Waals surface area contributed by atoms with Crippen molar-refractivity contribution >= 4 is 0 Å². The van der Waals surface area contributed by atoms with E-state index in [1.807, 2.05) is 13.0 Å². The topological polar surface area (TPSA) is 21.3 Å². The Bertz CT molecular complexity index is 510. The van der Waals surface area contributed by atoms with Crippen LogP contribution in [0, 0.1) is 5.82 Å². The molecule has 0 amide bonds. The van der Waals surface area contributed by atoms with Gasteiger partial charge in [-0.05, 0) is 30.3 Å². The van der Waals surface area contributed by atoms with E-state index in [1.165, 1.54) is 6.07 Å². The third-order valence-electron chi connectivity index (χ3n) is 3.05. The first-order chi connectivity index (χ1) is 9.43. The smallest absolute Gasteiger partial charge is 0.419 e. The molecule has 0 radical (unpaired) electrons. The van der Waals surface area contributed by atoms with Crippen molar-refractivity contribution in [2.45, 2.75) is 25.6 Å². The molecule has 0 bridgehead atoms. The van der Waals surface area contributed by atoms with Gasteiger partial charge in [-0.15, -0.1) is 0 Å². The Morgan fingerprint density at radius 3 is 2.65 bits per heavy atom. The molecule has 20 heavy (non-hydrogen) atoms. The van der Waals surface area contributed by atoms with E-state index in [0.29, 0.717) is 24.5 Å². The van der Waals surface area contributed by atoms with Gasteiger partial charge in [0.1, 0.15) is 11.6 Å². The van der Waals surface area contributed by atoms with Crippen LogP contribution in [-0.2, 0) is 10.9 Å². The molecule has 1 unspecified atom stereocenters. The first-order valence-corrected chi connectivity index (χ1v) is 6.36. The van der Waals surface area contributed by atoms with Crippen LogP contribution < -0.4 is 5.32 Å². The van der Waals surface area contributed by atoms with Crippen molar-refractivity contribution in [3.05, 3.63) is 47.0 Å². The van der Waals surface area contributed by atoms with Crippen molar-refractivity contribution in [2.24, 2.45) is 0 Å². The van der Waals surface area contributed by atoms with E-state index in [1.54, 1.807) is 0 Å². The summed E-state index contributed by atoms with van der Waals surface area (Å²) in [5, 5.41) is 3.06. The van der Waals surface area contributed by atoms with Gasteiger partial charge in [-0.1, -0.05) is 13.0 Å². The molecule has 1 aromatic rings. The number of rotatable bonds is 4. The highest BCUT2D eigenvalue weighted by atomic mass is 19.4. The minimum atomic E-state index is -4.71. The van der Waals surface area contributed by atoms with Gasteiger partial charge in [-0.3, -0.25) is 0 Å². The Balaban J connectivity index is 2.39. The maximum atomic E-state index is 13.3. The number of hydrogen-bond acceptors (Lipinski definition) is 2. The number of alkyl halides is 3.